The maximum absolute atomic E-state index is 11.2. The summed E-state index contributed by atoms with van der Waals surface area (Å²) in [4.78, 5) is 11.2. The summed E-state index contributed by atoms with van der Waals surface area (Å²) in [6, 6.07) is 5.76. The van der Waals surface area contributed by atoms with Crippen molar-refractivity contribution in [1.82, 2.24) is 0 Å². The Kier molecular flexibility index (Phi) is 3.64. The van der Waals surface area contributed by atoms with E-state index in [0.717, 1.165) is 32.1 Å². The Balaban J connectivity index is 1.65. The molecule has 1 aromatic carbocycles. The highest BCUT2D eigenvalue weighted by Crippen LogP contribution is 2.62. The van der Waals surface area contributed by atoms with Crippen molar-refractivity contribution in [2.45, 2.75) is 57.5 Å². The number of rotatable bonds is 2. The van der Waals surface area contributed by atoms with Crippen LogP contribution in [0.4, 0.5) is 0 Å². The van der Waals surface area contributed by atoms with Crippen LogP contribution in [0.25, 0.3) is 0 Å². The first kappa shape index (κ1) is 15.9. The van der Waals surface area contributed by atoms with Crippen molar-refractivity contribution in [3.05, 3.63) is 29.3 Å². The molecule has 3 aliphatic rings. The van der Waals surface area contributed by atoms with E-state index in [-0.39, 0.29) is 17.8 Å². The van der Waals surface area contributed by atoms with Gasteiger partial charge in [0.2, 0.25) is 0 Å². The average molecular weight is 330 g/mol. The predicted molar refractivity (Wildman–Crippen MR) is 89.9 cm³/mol. The molecular formula is C20H26O4. The molecule has 0 amide bonds. The van der Waals surface area contributed by atoms with Crippen molar-refractivity contribution < 1.29 is 20.1 Å². The number of carbonyl (C=O) groups is 1. The van der Waals surface area contributed by atoms with Gasteiger partial charge in [-0.15, -0.1) is 0 Å². The molecule has 0 unspecified atom stereocenters. The lowest BCUT2D eigenvalue weighted by molar-refractivity contribution is -0.139. The van der Waals surface area contributed by atoms with Crippen LogP contribution in [-0.2, 0) is 11.2 Å². The SMILES string of the molecule is C[C@]12CC[C@@H]3c4ccc(O)cc4CC[C@H]3[C@@H]1C[C@H](CC(=O)O)[C@@H]2O. The van der Waals surface area contributed by atoms with E-state index in [1.807, 2.05) is 6.07 Å². The summed E-state index contributed by atoms with van der Waals surface area (Å²) in [5.74, 6) is 0.834. The van der Waals surface area contributed by atoms with Crippen molar-refractivity contribution in [2.24, 2.45) is 23.2 Å². The highest BCUT2D eigenvalue weighted by Gasteiger charge is 2.58. The van der Waals surface area contributed by atoms with E-state index in [9.17, 15) is 15.0 Å². The number of phenols is 1. The molecule has 0 heterocycles. The first-order chi connectivity index (χ1) is 11.4. The van der Waals surface area contributed by atoms with E-state index < -0.39 is 12.1 Å². The van der Waals surface area contributed by atoms with E-state index in [4.69, 9.17) is 5.11 Å². The highest BCUT2D eigenvalue weighted by molar-refractivity contribution is 5.67. The molecule has 6 atom stereocenters. The van der Waals surface area contributed by atoms with E-state index in [1.165, 1.54) is 11.1 Å². The zero-order valence-electron chi connectivity index (χ0n) is 14.1. The number of hydrogen-bond acceptors (Lipinski definition) is 3. The summed E-state index contributed by atoms with van der Waals surface area (Å²) in [5.41, 5.74) is 2.48. The molecule has 2 saturated carbocycles. The van der Waals surface area contributed by atoms with Gasteiger partial charge in [0.15, 0.2) is 0 Å². The summed E-state index contributed by atoms with van der Waals surface area (Å²) >= 11 is 0. The minimum Gasteiger partial charge on any atom is -0.508 e. The number of hydrogen-bond donors (Lipinski definition) is 3. The van der Waals surface area contributed by atoms with Crippen LogP contribution >= 0.6 is 0 Å². The monoisotopic (exact) mass is 330 g/mol. The normalized spacial score (nSPS) is 40.5. The molecule has 4 heteroatoms. The van der Waals surface area contributed by atoms with Crippen LogP contribution < -0.4 is 0 Å². The third-order valence-corrected chi connectivity index (χ3v) is 7.26. The topological polar surface area (TPSA) is 77.8 Å². The van der Waals surface area contributed by atoms with Crippen LogP contribution in [0.2, 0.25) is 0 Å². The quantitative estimate of drug-likeness (QED) is 0.777. The maximum atomic E-state index is 11.2. The molecule has 130 valence electrons. The van der Waals surface area contributed by atoms with Crippen LogP contribution in [0.1, 0.15) is 56.1 Å². The van der Waals surface area contributed by atoms with Gasteiger partial charge in [-0.25, -0.2) is 0 Å². The number of aromatic hydroxyl groups is 1. The Hall–Kier alpha value is -1.55. The second-order valence-electron chi connectivity index (χ2n) is 8.38. The average Bonchev–Trinajstić information content (AvgIpc) is 2.78. The van der Waals surface area contributed by atoms with Crippen LogP contribution in [0.5, 0.6) is 5.75 Å². The molecule has 3 aliphatic carbocycles. The lowest BCUT2D eigenvalue weighted by Gasteiger charge is -2.50. The minimum atomic E-state index is -0.803. The molecule has 0 saturated heterocycles. The molecule has 0 bridgehead atoms. The van der Waals surface area contributed by atoms with E-state index in [1.54, 1.807) is 6.07 Å². The number of carboxylic acids is 1. The Morgan fingerprint density at radius 1 is 1.33 bits per heavy atom. The van der Waals surface area contributed by atoms with Gasteiger partial charge in [-0.05, 0) is 84.5 Å². The first-order valence-corrected chi connectivity index (χ1v) is 9.12. The Bertz CT molecular complexity index is 670. The third-order valence-electron chi connectivity index (χ3n) is 7.26. The van der Waals surface area contributed by atoms with Crippen molar-refractivity contribution in [3.8, 4) is 5.75 Å². The van der Waals surface area contributed by atoms with Gasteiger partial charge < -0.3 is 15.3 Å². The number of aliphatic hydroxyl groups excluding tert-OH is 1. The molecular weight excluding hydrogens is 304 g/mol. The summed E-state index contributed by atoms with van der Waals surface area (Å²) in [6.45, 7) is 2.17. The van der Waals surface area contributed by atoms with Gasteiger partial charge in [0, 0.05) is 0 Å². The molecule has 24 heavy (non-hydrogen) atoms. The fraction of sp³-hybridized carbons (Fsp3) is 0.650. The molecule has 4 rings (SSSR count). The van der Waals surface area contributed by atoms with Crippen LogP contribution in [0.15, 0.2) is 18.2 Å². The second-order valence-corrected chi connectivity index (χ2v) is 8.38. The van der Waals surface area contributed by atoms with Crippen LogP contribution in [-0.4, -0.2) is 27.4 Å². The molecule has 0 spiro atoms. The maximum Gasteiger partial charge on any atom is 0.303 e. The second kappa shape index (κ2) is 5.48. The van der Waals surface area contributed by atoms with Crippen molar-refractivity contribution in [2.75, 3.05) is 0 Å². The third kappa shape index (κ3) is 2.26. The predicted octanol–water partition coefficient (Wildman–Crippen LogP) is 3.31. The molecule has 0 radical (unpaired) electrons. The van der Waals surface area contributed by atoms with Gasteiger partial charge in [0.1, 0.15) is 5.75 Å². The van der Waals surface area contributed by atoms with Gasteiger partial charge in [-0.2, -0.15) is 0 Å². The standard InChI is InChI=1S/C20H26O4/c1-20-7-6-15-14-5-3-13(21)8-11(14)2-4-16(15)17(20)9-12(19(20)24)10-18(22)23/h3,5,8,12,15-17,19,21,24H,2,4,6-7,9-10H2,1H3,(H,22,23)/t12-,15-,16-,17+,19+,20+/m1/s1. The number of phenolic OH excluding ortho intramolecular Hbond substituents is 1. The number of aryl methyl sites for hydroxylation is 1. The Labute approximate surface area is 142 Å². The van der Waals surface area contributed by atoms with E-state index >= 15 is 0 Å². The van der Waals surface area contributed by atoms with Crippen LogP contribution in [0.3, 0.4) is 0 Å². The van der Waals surface area contributed by atoms with Crippen molar-refractivity contribution in [1.29, 1.82) is 0 Å². The lowest BCUT2D eigenvalue weighted by atomic mass is 9.55. The van der Waals surface area contributed by atoms with Gasteiger partial charge in [-0.1, -0.05) is 13.0 Å². The van der Waals surface area contributed by atoms with E-state index in [2.05, 4.69) is 13.0 Å². The minimum absolute atomic E-state index is 0.0785. The van der Waals surface area contributed by atoms with Crippen molar-refractivity contribution in [3.63, 3.8) is 0 Å². The number of carboxylic acid groups (broad SMARTS) is 1. The fourth-order valence-electron chi connectivity index (χ4n) is 6.14. The lowest BCUT2D eigenvalue weighted by Crippen LogP contribution is -2.44. The van der Waals surface area contributed by atoms with E-state index in [0.29, 0.717) is 23.5 Å². The fourth-order valence-corrected chi connectivity index (χ4v) is 6.14. The first-order valence-electron chi connectivity index (χ1n) is 9.12. The molecule has 0 aromatic heterocycles. The number of benzene rings is 1. The number of aliphatic carboxylic acids is 1. The summed E-state index contributed by atoms with van der Waals surface area (Å²) < 4.78 is 0. The molecule has 3 N–H and O–H groups in total. The van der Waals surface area contributed by atoms with Gasteiger partial charge >= 0.3 is 5.97 Å². The Morgan fingerprint density at radius 2 is 2.12 bits per heavy atom. The molecule has 2 fully saturated rings. The van der Waals surface area contributed by atoms with Gasteiger partial charge in [0.05, 0.1) is 12.5 Å². The molecule has 4 nitrogen and oxygen atoms in total. The summed E-state index contributed by atoms with van der Waals surface area (Å²) in [6.07, 6.45) is 4.46. The molecule has 1 aromatic rings. The van der Waals surface area contributed by atoms with Gasteiger partial charge in [-0.3, -0.25) is 4.79 Å². The van der Waals surface area contributed by atoms with Crippen molar-refractivity contribution >= 4 is 5.97 Å². The largest absolute Gasteiger partial charge is 0.508 e. The zero-order chi connectivity index (χ0) is 17.1. The number of aliphatic hydroxyl groups is 1. The highest BCUT2D eigenvalue weighted by atomic mass is 16.4. The number of fused-ring (bicyclic) bond motifs is 5. The van der Waals surface area contributed by atoms with Gasteiger partial charge in [0.25, 0.3) is 0 Å². The zero-order valence-corrected chi connectivity index (χ0v) is 14.1. The molecule has 0 aliphatic heterocycles. The van der Waals surface area contributed by atoms with Crippen LogP contribution in [0, 0.1) is 23.2 Å². The smallest absolute Gasteiger partial charge is 0.303 e. The Morgan fingerprint density at radius 3 is 2.88 bits per heavy atom. The summed E-state index contributed by atoms with van der Waals surface area (Å²) in [5, 5.41) is 29.7. The summed E-state index contributed by atoms with van der Waals surface area (Å²) in [7, 11) is 0.